The van der Waals surface area contributed by atoms with Crippen molar-refractivity contribution in [2.75, 3.05) is 0 Å². The number of hydrogen-bond donors (Lipinski definition) is 0. The highest BCUT2D eigenvalue weighted by molar-refractivity contribution is 5.27. The molecule has 0 bridgehead atoms. The molecule has 0 spiro atoms. The fourth-order valence-corrected chi connectivity index (χ4v) is 1.61. The third kappa shape index (κ3) is 3.65. The van der Waals surface area contributed by atoms with Crippen LogP contribution < -0.4 is 0 Å². The van der Waals surface area contributed by atoms with Crippen LogP contribution in [0, 0.1) is 5.92 Å². The molecule has 0 N–H and O–H groups in total. The van der Waals surface area contributed by atoms with E-state index in [2.05, 4.69) is 19.9 Å². The first-order chi connectivity index (χ1) is 6.93. The lowest BCUT2D eigenvalue weighted by atomic mass is 9.93. The Bertz CT molecular complexity index is 309. The van der Waals surface area contributed by atoms with Crippen molar-refractivity contribution in [3.05, 3.63) is 35.4 Å². The molecule has 0 aliphatic carbocycles. The molecular formula is C14H21F. The Hall–Kier alpha value is -0.850. The lowest BCUT2D eigenvalue weighted by molar-refractivity contribution is 0.221. The highest BCUT2D eigenvalue weighted by atomic mass is 19.1. The van der Waals surface area contributed by atoms with Crippen LogP contribution in [0.4, 0.5) is 4.39 Å². The third-order valence-electron chi connectivity index (χ3n) is 2.89. The van der Waals surface area contributed by atoms with Gasteiger partial charge in [0.15, 0.2) is 0 Å². The van der Waals surface area contributed by atoms with E-state index in [9.17, 15) is 4.39 Å². The standard InChI is InChI=1S/C14H21F/c1-5-11(2)9-12-7-6-8-13(10-12)14(3,4)15/h6-8,10-11H,5,9H2,1-4H3. The van der Waals surface area contributed by atoms with Crippen molar-refractivity contribution < 1.29 is 4.39 Å². The second-order valence-corrected chi connectivity index (χ2v) is 4.89. The Labute approximate surface area is 92.5 Å². The summed E-state index contributed by atoms with van der Waals surface area (Å²) in [6.45, 7) is 7.63. The molecule has 0 radical (unpaired) electrons. The molecule has 0 saturated carbocycles. The van der Waals surface area contributed by atoms with Crippen molar-refractivity contribution >= 4 is 0 Å². The van der Waals surface area contributed by atoms with Crippen molar-refractivity contribution in [1.29, 1.82) is 0 Å². The number of benzene rings is 1. The number of alkyl halides is 1. The van der Waals surface area contributed by atoms with Crippen molar-refractivity contribution in [3.8, 4) is 0 Å². The molecular weight excluding hydrogens is 187 g/mol. The molecule has 84 valence electrons. The molecule has 1 aromatic carbocycles. The van der Waals surface area contributed by atoms with Gasteiger partial charge in [-0.3, -0.25) is 0 Å². The molecule has 1 unspecified atom stereocenters. The van der Waals surface area contributed by atoms with Gasteiger partial charge in [-0.05, 0) is 37.3 Å². The summed E-state index contributed by atoms with van der Waals surface area (Å²) in [5.41, 5.74) is 0.793. The fraction of sp³-hybridized carbons (Fsp3) is 0.571. The van der Waals surface area contributed by atoms with Crippen molar-refractivity contribution in [3.63, 3.8) is 0 Å². The maximum atomic E-state index is 13.7. The normalized spacial score (nSPS) is 13.9. The molecule has 0 saturated heterocycles. The van der Waals surface area contributed by atoms with Crippen LogP contribution in [0.3, 0.4) is 0 Å². The Morgan fingerprint density at radius 2 is 2.00 bits per heavy atom. The number of hydrogen-bond acceptors (Lipinski definition) is 0. The first-order valence-corrected chi connectivity index (χ1v) is 5.71. The summed E-state index contributed by atoms with van der Waals surface area (Å²) in [5, 5.41) is 0. The zero-order valence-electron chi connectivity index (χ0n) is 10.2. The molecule has 0 aliphatic heterocycles. The topological polar surface area (TPSA) is 0 Å². The second kappa shape index (κ2) is 4.78. The van der Waals surface area contributed by atoms with E-state index in [1.165, 1.54) is 12.0 Å². The van der Waals surface area contributed by atoms with Gasteiger partial charge in [-0.2, -0.15) is 0 Å². The lowest BCUT2D eigenvalue weighted by Crippen LogP contribution is -2.09. The maximum Gasteiger partial charge on any atom is 0.130 e. The quantitative estimate of drug-likeness (QED) is 0.684. The predicted octanol–water partition coefficient (Wildman–Crippen LogP) is 4.48. The highest BCUT2D eigenvalue weighted by Crippen LogP contribution is 2.25. The van der Waals surface area contributed by atoms with E-state index in [1.54, 1.807) is 13.8 Å². The Morgan fingerprint density at radius 3 is 2.53 bits per heavy atom. The van der Waals surface area contributed by atoms with Gasteiger partial charge in [0.1, 0.15) is 5.67 Å². The summed E-state index contributed by atoms with van der Waals surface area (Å²) in [5.74, 6) is 0.669. The van der Waals surface area contributed by atoms with Crippen molar-refractivity contribution in [2.24, 2.45) is 5.92 Å². The van der Waals surface area contributed by atoms with Gasteiger partial charge in [0.2, 0.25) is 0 Å². The Morgan fingerprint density at radius 1 is 1.33 bits per heavy atom. The van der Waals surface area contributed by atoms with Crippen molar-refractivity contribution in [2.45, 2.75) is 46.2 Å². The lowest BCUT2D eigenvalue weighted by Gasteiger charge is -2.16. The zero-order chi connectivity index (χ0) is 11.5. The zero-order valence-corrected chi connectivity index (χ0v) is 10.2. The molecule has 0 heterocycles. The van der Waals surface area contributed by atoms with E-state index in [-0.39, 0.29) is 0 Å². The fourth-order valence-electron chi connectivity index (χ4n) is 1.61. The molecule has 0 aliphatic rings. The van der Waals surface area contributed by atoms with E-state index in [1.807, 2.05) is 18.2 Å². The summed E-state index contributed by atoms with van der Waals surface area (Å²) in [4.78, 5) is 0. The van der Waals surface area contributed by atoms with Crippen LogP contribution in [0.2, 0.25) is 0 Å². The molecule has 0 fully saturated rings. The van der Waals surface area contributed by atoms with Gasteiger partial charge in [-0.25, -0.2) is 4.39 Å². The van der Waals surface area contributed by atoms with Crippen molar-refractivity contribution in [1.82, 2.24) is 0 Å². The average Bonchev–Trinajstić information content (AvgIpc) is 2.17. The van der Waals surface area contributed by atoms with Crippen LogP contribution in [0.5, 0.6) is 0 Å². The minimum atomic E-state index is -1.23. The summed E-state index contributed by atoms with van der Waals surface area (Å²) in [6, 6.07) is 7.89. The van der Waals surface area contributed by atoms with E-state index >= 15 is 0 Å². The molecule has 1 atom stereocenters. The monoisotopic (exact) mass is 208 g/mol. The molecule has 1 heteroatoms. The summed E-state index contributed by atoms with van der Waals surface area (Å²) in [7, 11) is 0. The maximum absolute atomic E-state index is 13.7. The smallest absolute Gasteiger partial charge is 0.130 e. The highest BCUT2D eigenvalue weighted by Gasteiger charge is 2.18. The first-order valence-electron chi connectivity index (χ1n) is 5.71. The minimum Gasteiger partial charge on any atom is -0.239 e. The van der Waals surface area contributed by atoms with Gasteiger partial charge in [0.25, 0.3) is 0 Å². The van der Waals surface area contributed by atoms with Crippen LogP contribution in [0.25, 0.3) is 0 Å². The minimum absolute atomic E-state index is 0.669. The summed E-state index contributed by atoms with van der Waals surface area (Å²) < 4.78 is 13.7. The SMILES string of the molecule is CCC(C)Cc1cccc(C(C)(C)F)c1. The number of halogens is 1. The van der Waals surface area contributed by atoms with Crippen LogP contribution >= 0.6 is 0 Å². The summed E-state index contributed by atoms with van der Waals surface area (Å²) in [6.07, 6.45) is 2.21. The molecule has 0 aromatic heterocycles. The van der Waals surface area contributed by atoms with E-state index in [0.29, 0.717) is 5.92 Å². The average molecular weight is 208 g/mol. The Kier molecular flexibility index (Phi) is 3.90. The molecule has 0 amide bonds. The second-order valence-electron chi connectivity index (χ2n) is 4.89. The van der Waals surface area contributed by atoms with Crippen LogP contribution in [0.1, 0.15) is 45.2 Å². The van der Waals surface area contributed by atoms with Crippen LogP contribution in [-0.2, 0) is 12.1 Å². The molecule has 1 aromatic rings. The third-order valence-corrected chi connectivity index (χ3v) is 2.89. The van der Waals surface area contributed by atoms with Crippen LogP contribution in [-0.4, -0.2) is 0 Å². The van der Waals surface area contributed by atoms with E-state index < -0.39 is 5.67 Å². The van der Waals surface area contributed by atoms with Crippen LogP contribution in [0.15, 0.2) is 24.3 Å². The summed E-state index contributed by atoms with van der Waals surface area (Å²) >= 11 is 0. The van der Waals surface area contributed by atoms with Gasteiger partial charge in [0, 0.05) is 0 Å². The Balaban J connectivity index is 2.84. The largest absolute Gasteiger partial charge is 0.239 e. The molecule has 0 nitrogen and oxygen atoms in total. The first kappa shape index (κ1) is 12.2. The molecule has 1 rings (SSSR count). The molecule has 15 heavy (non-hydrogen) atoms. The van der Waals surface area contributed by atoms with Gasteiger partial charge in [0.05, 0.1) is 0 Å². The van der Waals surface area contributed by atoms with Gasteiger partial charge >= 0.3 is 0 Å². The number of rotatable bonds is 4. The predicted molar refractivity (Wildman–Crippen MR) is 63.7 cm³/mol. The van der Waals surface area contributed by atoms with Gasteiger partial charge in [-0.15, -0.1) is 0 Å². The van der Waals surface area contributed by atoms with Gasteiger partial charge < -0.3 is 0 Å². The van der Waals surface area contributed by atoms with Gasteiger partial charge in [-0.1, -0.05) is 44.5 Å². The van der Waals surface area contributed by atoms with E-state index in [4.69, 9.17) is 0 Å². The van der Waals surface area contributed by atoms with E-state index in [0.717, 1.165) is 12.0 Å².